The lowest BCUT2D eigenvalue weighted by Gasteiger charge is -2.20. The number of thiocarbonyl (C=S) groups is 1. The van der Waals surface area contributed by atoms with Crippen LogP contribution in [0.1, 0.15) is 31.0 Å². The van der Waals surface area contributed by atoms with Gasteiger partial charge >= 0.3 is 0 Å². The lowest BCUT2D eigenvalue weighted by molar-refractivity contribution is 0.342. The van der Waals surface area contributed by atoms with E-state index in [2.05, 4.69) is 36.6 Å². The standard InChI is InChI=1S/C18H22N2OS/c1-4-21-17-12-8-7-11-16(17)20-18(22)19-14(3)15-10-6-5-9-13(15)2/h5-12,14H,4H2,1-3H3,(H2,19,20,22)/t14-/m0/s1. The third-order valence-electron chi connectivity index (χ3n) is 3.44. The zero-order valence-corrected chi connectivity index (χ0v) is 14.0. The van der Waals surface area contributed by atoms with Crippen LogP contribution in [0.3, 0.4) is 0 Å². The number of anilines is 1. The van der Waals surface area contributed by atoms with E-state index in [0.29, 0.717) is 11.7 Å². The van der Waals surface area contributed by atoms with E-state index < -0.39 is 0 Å². The molecule has 0 fully saturated rings. The van der Waals surface area contributed by atoms with Gasteiger partial charge in [0.1, 0.15) is 5.75 Å². The van der Waals surface area contributed by atoms with Crippen molar-refractivity contribution in [1.82, 2.24) is 5.32 Å². The van der Waals surface area contributed by atoms with Crippen molar-refractivity contribution in [3.05, 3.63) is 59.7 Å². The predicted octanol–water partition coefficient (Wildman–Crippen LogP) is 4.44. The number of aryl methyl sites for hydroxylation is 1. The lowest BCUT2D eigenvalue weighted by atomic mass is 10.0. The summed E-state index contributed by atoms with van der Waals surface area (Å²) in [5.41, 5.74) is 3.36. The summed E-state index contributed by atoms with van der Waals surface area (Å²) in [6.07, 6.45) is 0. The number of hydrogen-bond acceptors (Lipinski definition) is 2. The molecule has 2 aromatic rings. The summed E-state index contributed by atoms with van der Waals surface area (Å²) in [6.45, 7) is 6.80. The van der Waals surface area contributed by atoms with Crippen LogP contribution in [0.15, 0.2) is 48.5 Å². The van der Waals surface area contributed by atoms with Crippen molar-refractivity contribution in [2.45, 2.75) is 26.8 Å². The second kappa shape index (κ2) is 7.80. The molecule has 0 aromatic heterocycles. The molecule has 116 valence electrons. The minimum atomic E-state index is 0.139. The largest absolute Gasteiger partial charge is 0.492 e. The molecule has 0 radical (unpaired) electrons. The smallest absolute Gasteiger partial charge is 0.171 e. The molecule has 0 saturated heterocycles. The number of ether oxygens (including phenoxy) is 1. The molecule has 0 saturated carbocycles. The van der Waals surface area contributed by atoms with E-state index in [1.807, 2.05) is 43.3 Å². The summed E-state index contributed by atoms with van der Waals surface area (Å²) >= 11 is 5.42. The maximum absolute atomic E-state index is 5.60. The molecule has 22 heavy (non-hydrogen) atoms. The first kappa shape index (κ1) is 16.3. The van der Waals surface area contributed by atoms with E-state index in [0.717, 1.165) is 11.4 Å². The van der Waals surface area contributed by atoms with Crippen LogP contribution < -0.4 is 15.4 Å². The second-order valence-electron chi connectivity index (χ2n) is 5.11. The molecule has 3 nitrogen and oxygen atoms in total. The molecule has 0 aliphatic carbocycles. The Morgan fingerprint density at radius 1 is 1.14 bits per heavy atom. The highest BCUT2D eigenvalue weighted by molar-refractivity contribution is 7.80. The normalized spacial score (nSPS) is 11.6. The molecular formula is C18H22N2OS. The second-order valence-corrected chi connectivity index (χ2v) is 5.51. The van der Waals surface area contributed by atoms with Crippen LogP contribution in [0.5, 0.6) is 5.75 Å². The third kappa shape index (κ3) is 4.21. The third-order valence-corrected chi connectivity index (χ3v) is 3.66. The maximum atomic E-state index is 5.60. The Hall–Kier alpha value is -2.07. The number of para-hydroxylation sites is 2. The van der Waals surface area contributed by atoms with E-state index in [9.17, 15) is 0 Å². The Balaban J connectivity index is 2.03. The lowest BCUT2D eigenvalue weighted by Crippen LogP contribution is -2.31. The first-order chi connectivity index (χ1) is 10.6. The Kier molecular flexibility index (Phi) is 5.78. The van der Waals surface area contributed by atoms with Gasteiger partial charge in [0, 0.05) is 0 Å². The van der Waals surface area contributed by atoms with Gasteiger partial charge in [0.15, 0.2) is 5.11 Å². The van der Waals surface area contributed by atoms with Gasteiger partial charge in [0.05, 0.1) is 18.3 Å². The van der Waals surface area contributed by atoms with Gasteiger partial charge in [-0.05, 0) is 56.2 Å². The monoisotopic (exact) mass is 314 g/mol. The fourth-order valence-corrected chi connectivity index (χ4v) is 2.64. The van der Waals surface area contributed by atoms with Gasteiger partial charge in [-0.2, -0.15) is 0 Å². The van der Waals surface area contributed by atoms with Crippen molar-refractivity contribution >= 4 is 23.0 Å². The average molecular weight is 314 g/mol. The summed E-state index contributed by atoms with van der Waals surface area (Å²) in [7, 11) is 0. The maximum Gasteiger partial charge on any atom is 0.171 e. The number of benzene rings is 2. The van der Waals surface area contributed by atoms with Gasteiger partial charge in [-0.25, -0.2) is 0 Å². The SMILES string of the molecule is CCOc1ccccc1NC(=S)N[C@@H](C)c1ccccc1C. The number of nitrogens with one attached hydrogen (secondary N) is 2. The highest BCUT2D eigenvalue weighted by atomic mass is 32.1. The molecule has 0 aliphatic heterocycles. The topological polar surface area (TPSA) is 33.3 Å². The Morgan fingerprint density at radius 3 is 2.55 bits per heavy atom. The summed E-state index contributed by atoms with van der Waals surface area (Å²) in [5, 5.41) is 7.12. The molecule has 0 bridgehead atoms. The summed E-state index contributed by atoms with van der Waals surface area (Å²) in [5.74, 6) is 0.803. The van der Waals surface area contributed by atoms with Crippen molar-refractivity contribution in [3.63, 3.8) is 0 Å². The van der Waals surface area contributed by atoms with Crippen LogP contribution in [0.4, 0.5) is 5.69 Å². The highest BCUT2D eigenvalue weighted by Crippen LogP contribution is 2.24. The van der Waals surface area contributed by atoms with Crippen LogP contribution >= 0.6 is 12.2 Å². The van der Waals surface area contributed by atoms with E-state index in [1.165, 1.54) is 11.1 Å². The molecular weight excluding hydrogens is 292 g/mol. The van der Waals surface area contributed by atoms with Gasteiger partial charge in [-0.3, -0.25) is 0 Å². The highest BCUT2D eigenvalue weighted by Gasteiger charge is 2.10. The predicted molar refractivity (Wildman–Crippen MR) is 96.6 cm³/mol. The van der Waals surface area contributed by atoms with E-state index >= 15 is 0 Å². The average Bonchev–Trinajstić information content (AvgIpc) is 2.49. The molecule has 0 unspecified atom stereocenters. The van der Waals surface area contributed by atoms with Crippen LogP contribution in [-0.2, 0) is 0 Å². The molecule has 1 atom stereocenters. The Morgan fingerprint density at radius 2 is 1.82 bits per heavy atom. The molecule has 2 N–H and O–H groups in total. The summed E-state index contributed by atoms with van der Waals surface area (Å²) in [4.78, 5) is 0. The number of rotatable bonds is 5. The minimum absolute atomic E-state index is 0.139. The molecule has 0 aliphatic rings. The number of hydrogen-bond donors (Lipinski definition) is 2. The van der Waals surface area contributed by atoms with Crippen molar-refractivity contribution in [2.75, 3.05) is 11.9 Å². The molecule has 2 aromatic carbocycles. The van der Waals surface area contributed by atoms with Crippen molar-refractivity contribution in [3.8, 4) is 5.75 Å². The van der Waals surface area contributed by atoms with Crippen LogP contribution in [0.2, 0.25) is 0 Å². The minimum Gasteiger partial charge on any atom is -0.492 e. The van der Waals surface area contributed by atoms with Crippen molar-refractivity contribution < 1.29 is 4.74 Å². The van der Waals surface area contributed by atoms with Gasteiger partial charge < -0.3 is 15.4 Å². The van der Waals surface area contributed by atoms with Crippen LogP contribution in [-0.4, -0.2) is 11.7 Å². The summed E-state index contributed by atoms with van der Waals surface area (Å²) < 4.78 is 5.60. The van der Waals surface area contributed by atoms with Crippen molar-refractivity contribution in [1.29, 1.82) is 0 Å². The van der Waals surface area contributed by atoms with Crippen LogP contribution in [0, 0.1) is 6.92 Å². The molecule has 2 rings (SSSR count). The molecule has 0 spiro atoms. The van der Waals surface area contributed by atoms with E-state index in [-0.39, 0.29) is 6.04 Å². The van der Waals surface area contributed by atoms with E-state index in [4.69, 9.17) is 17.0 Å². The first-order valence-corrected chi connectivity index (χ1v) is 7.87. The Labute approximate surface area is 137 Å². The van der Waals surface area contributed by atoms with Gasteiger partial charge in [-0.15, -0.1) is 0 Å². The van der Waals surface area contributed by atoms with Crippen molar-refractivity contribution in [2.24, 2.45) is 0 Å². The van der Waals surface area contributed by atoms with Crippen LogP contribution in [0.25, 0.3) is 0 Å². The summed E-state index contributed by atoms with van der Waals surface area (Å²) in [6, 6.07) is 16.2. The fourth-order valence-electron chi connectivity index (χ4n) is 2.36. The first-order valence-electron chi connectivity index (χ1n) is 7.46. The zero-order valence-electron chi connectivity index (χ0n) is 13.2. The molecule has 4 heteroatoms. The van der Waals surface area contributed by atoms with E-state index in [1.54, 1.807) is 0 Å². The zero-order chi connectivity index (χ0) is 15.9. The van der Waals surface area contributed by atoms with Gasteiger partial charge in [-0.1, -0.05) is 36.4 Å². The van der Waals surface area contributed by atoms with Gasteiger partial charge in [0.2, 0.25) is 0 Å². The quantitative estimate of drug-likeness (QED) is 0.799. The molecule has 0 amide bonds. The fraction of sp³-hybridized carbons (Fsp3) is 0.278. The Bertz CT molecular complexity index is 642. The molecule has 0 heterocycles. The van der Waals surface area contributed by atoms with Gasteiger partial charge in [0.25, 0.3) is 0 Å².